The lowest BCUT2D eigenvalue weighted by atomic mass is 9.59. The van der Waals surface area contributed by atoms with Crippen molar-refractivity contribution in [1.29, 1.82) is 0 Å². The van der Waals surface area contributed by atoms with Gasteiger partial charge >= 0.3 is 6.18 Å². The maximum Gasteiger partial charge on any atom is 0.417 e. The summed E-state index contributed by atoms with van der Waals surface area (Å²) in [5.41, 5.74) is 0.438. The molecule has 3 fully saturated rings. The zero-order chi connectivity index (χ0) is 23.5. The SMILES string of the molecule is CCc1ccc(Oc2ncc(C(F)(F)F)cc2F)cc1C1=C(O)C2C(C1=O)[C@H]1CC[C@@H]2CC1. The lowest BCUT2D eigenvalue weighted by Crippen LogP contribution is -2.41. The molecule has 2 unspecified atom stereocenters. The van der Waals surface area contributed by atoms with E-state index in [-0.39, 0.29) is 35.0 Å². The second-order valence-corrected chi connectivity index (χ2v) is 9.13. The Balaban J connectivity index is 1.51. The fraction of sp³-hybridized carbons (Fsp3) is 0.440. The highest BCUT2D eigenvalue weighted by atomic mass is 19.4. The minimum absolute atomic E-state index is 0.0578. The van der Waals surface area contributed by atoms with E-state index in [4.69, 9.17) is 4.74 Å². The van der Waals surface area contributed by atoms with Crippen LogP contribution in [0, 0.1) is 29.5 Å². The number of benzene rings is 1. The number of alkyl halides is 3. The summed E-state index contributed by atoms with van der Waals surface area (Å²) in [7, 11) is 0. The molecule has 1 aromatic heterocycles. The van der Waals surface area contributed by atoms with Crippen molar-refractivity contribution in [3.05, 3.63) is 58.7 Å². The molecule has 2 atom stereocenters. The van der Waals surface area contributed by atoms with Gasteiger partial charge in [-0.3, -0.25) is 4.79 Å². The molecule has 3 saturated carbocycles. The smallest absolute Gasteiger partial charge is 0.417 e. The molecule has 174 valence electrons. The number of hydrogen-bond acceptors (Lipinski definition) is 4. The first-order chi connectivity index (χ1) is 15.7. The average Bonchev–Trinajstić information content (AvgIpc) is 3.07. The first-order valence-electron chi connectivity index (χ1n) is 11.2. The van der Waals surface area contributed by atoms with Gasteiger partial charge in [0.15, 0.2) is 11.6 Å². The van der Waals surface area contributed by atoms with E-state index >= 15 is 0 Å². The summed E-state index contributed by atoms with van der Waals surface area (Å²) in [5.74, 6) is -1.41. The molecule has 1 N–H and O–H groups in total. The number of carbonyl (C=O) groups is 1. The molecule has 33 heavy (non-hydrogen) atoms. The molecule has 4 aliphatic rings. The van der Waals surface area contributed by atoms with E-state index in [0.29, 0.717) is 35.7 Å². The van der Waals surface area contributed by atoms with Gasteiger partial charge in [-0.05, 0) is 73.3 Å². The lowest BCUT2D eigenvalue weighted by Gasteiger charge is -2.44. The van der Waals surface area contributed by atoms with Crippen molar-refractivity contribution < 1.29 is 32.2 Å². The topological polar surface area (TPSA) is 59.4 Å². The molecule has 4 nitrogen and oxygen atoms in total. The van der Waals surface area contributed by atoms with Crippen LogP contribution in [0.5, 0.6) is 11.6 Å². The minimum atomic E-state index is -4.72. The van der Waals surface area contributed by atoms with Gasteiger partial charge in [-0.1, -0.05) is 13.0 Å². The summed E-state index contributed by atoms with van der Waals surface area (Å²) in [6, 6.07) is 5.14. The largest absolute Gasteiger partial charge is 0.511 e. The number of ketones is 1. The Morgan fingerprint density at radius 2 is 1.76 bits per heavy atom. The lowest BCUT2D eigenvalue weighted by molar-refractivity contribution is -0.138. The molecule has 0 aliphatic heterocycles. The predicted molar refractivity (Wildman–Crippen MR) is 112 cm³/mol. The van der Waals surface area contributed by atoms with E-state index in [9.17, 15) is 27.5 Å². The van der Waals surface area contributed by atoms with Crippen molar-refractivity contribution in [2.45, 2.75) is 45.2 Å². The summed E-state index contributed by atoms with van der Waals surface area (Å²) < 4.78 is 58.1. The first-order valence-corrected chi connectivity index (χ1v) is 11.2. The minimum Gasteiger partial charge on any atom is -0.511 e. The quantitative estimate of drug-likeness (QED) is 0.528. The zero-order valence-corrected chi connectivity index (χ0v) is 18.0. The summed E-state index contributed by atoms with van der Waals surface area (Å²) >= 11 is 0. The molecule has 4 aliphatic carbocycles. The third kappa shape index (κ3) is 3.60. The predicted octanol–water partition coefficient (Wildman–Crippen LogP) is 6.50. The number of rotatable bonds is 4. The van der Waals surface area contributed by atoms with Crippen LogP contribution in [-0.4, -0.2) is 15.9 Å². The van der Waals surface area contributed by atoms with E-state index in [0.717, 1.165) is 31.2 Å². The number of pyridine rings is 1. The maximum absolute atomic E-state index is 14.2. The van der Waals surface area contributed by atoms with Crippen LogP contribution in [0.2, 0.25) is 0 Å². The molecule has 0 radical (unpaired) electrons. The molecule has 8 heteroatoms. The second kappa shape index (κ2) is 7.85. The molecule has 6 rings (SSSR count). The van der Waals surface area contributed by atoms with Gasteiger partial charge in [-0.2, -0.15) is 13.2 Å². The third-order valence-electron chi connectivity index (χ3n) is 7.42. The van der Waals surface area contributed by atoms with Crippen molar-refractivity contribution in [2.75, 3.05) is 0 Å². The van der Waals surface area contributed by atoms with Gasteiger partial charge in [-0.15, -0.1) is 0 Å². The number of halogens is 4. The molecule has 1 aromatic carbocycles. The van der Waals surface area contributed by atoms with E-state index < -0.39 is 23.4 Å². The Kier molecular flexibility index (Phi) is 5.21. The maximum atomic E-state index is 14.2. The Morgan fingerprint density at radius 1 is 1.09 bits per heavy atom. The van der Waals surface area contributed by atoms with Crippen LogP contribution in [0.25, 0.3) is 5.57 Å². The average molecular weight is 461 g/mol. The number of aliphatic hydroxyl groups is 1. The molecular formula is C25H23F4NO3. The Bertz CT molecular complexity index is 1150. The Labute approximate surface area is 188 Å². The van der Waals surface area contributed by atoms with Crippen LogP contribution >= 0.6 is 0 Å². The van der Waals surface area contributed by atoms with Gasteiger partial charge in [0.2, 0.25) is 0 Å². The van der Waals surface area contributed by atoms with Crippen LogP contribution in [0.1, 0.15) is 49.3 Å². The van der Waals surface area contributed by atoms with Crippen LogP contribution in [0.15, 0.2) is 36.2 Å². The number of nitrogens with zero attached hydrogens (tertiary/aromatic N) is 1. The van der Waals surface area contributed by atoms with E-state index in [2.05, 4.69) is 4.98 Å². The van der Waals surface area contributed by atoms with Crippen LogP contribution < -0.4 is 4.74 Å². The molecule has 2 bridgehead atoms. The molecule has 2 aromatic rings. The van der Waals surface area contributed by atoms with Crippen molar-refractivity contribution in [1.82, 2.24) is 4.98 Å². The molecule has 0 spiro atoms. The highest BCUT2D eigenvalue weighted by molar-refractivity contribution is 6.25. The number of allylic oxidation sites excluding steroid dienone is 2. The molecule has 0 amide bonds. The molecule has 1 heterocycles. The van der Waals surface area contributed by atoms with Gasteiger partial charge in [0.1, 0.15) is 11.5 Å². The molecule has 0 saturated heterocycles. The number of aromatic nitrogens is 1. The van der Waals surface area contributed by atoms with Crippen LogP contribution in [-0.2, 0) is 17.4 Å². The van der Waals surface area contributed by atoms with Gasteiger partial charge in [0.25, 0.3) is 5.88 Å². The number of aryl methyl sites for hydroxylation is 1. The fourth-order valence-corrected chi connectivity index (χ4v) is 5.88. The van der Waals surface area contributed by atoms with E-state index in [1.54, 1.807) is 18.2 Å². The highest BCUT2D eigenvalue weighted by Gasteiger charge is 2.54. The number of ether oxygens (including phenoxy) is 1. The number of hydrogen-bond donors (Lipinski definition) is 1. The normalized spacial score (nSPS) is 26.6. The monoisotopic (exact) mass is 461 g/mol. The number of fused-ring (bicyclic) bond motifs is 2. The van der Waals surface area contributed by atoms with Crippen molar-refractivity contribution in [3.8, 4) is 11.6 Å². The van der Waals surface area contributed by atoms with E-state index in [1.807, 2.05) is 6.92 Å². The van der Waals surface area contributed by atoms with Gasteiger partial charge in [-0.25, -0.2) is 9.37 Å². The molecular weight excluding hydrogens is 438 g/mol. The third-order valence-corrected chi connectivity index (χ3v) is 7.42. The number of Topliss-reactive ketones (excluding diaryl/α,β-unsaturated/α-hetero) is 1. The van der Waals surface area contributed by atoms with Gasteiger partial charge < -0.3 is 9.84 Å². The highest BCUT2D eigenvalue weighted by Crippen LogP contribution is 2.57. The van der Waals surface area contributed by atoms with Crippen LogP contribution in [0.4, 0.5) is 17.6 Å². The Morgan fingerprint density at radius 3 is 2.33 bits per heavy atom. The standard InChI is InChI=1S/C25H23F4NO3/c1-2-12-7-8-16(33-24-18(26)9-15(11-30-24)25(27,28)29)10-17(12)21-22(31)19-13-3-4-14(6-5-13)20(19)23(21)32/h7-11,13-14,19-20,31H,2-6H2,1H3/t13-,14+,19?,20?. The summed E-state index contributed by atoms with van der Waals surface area (Å²) in [4.78, 5) is 16.9. The summed E-state index contributed by atoms with van der Waals surface area (Å²) in [6.45, 7) is 1.92. The zero-order valence-electron chi connectivity index (χ0n) is 18.0. The van der Waals surface area contributed by atoms with Gasteiger partial charge in [0, 0.05) is 18.0 Å². The number of carbonyl (C=O) groups excluding carboxylic acids is 1. The van der Waals surface area contributed by atoms with Crippen molar-refractivity contribution in [2.24, 2.45) is 23.7 Å². The first kappa shape index (κ1) is 21.9. The summed E-state index contributed by atoms with van der Waals surface area (Å²) in [6.07, 6.45) is 0.412. The van der Waals surface area contributed by atoms with Crippen molar-refractivity contribution >= 4 is 11.4 Å². The fourth-order valence-electron chi connectivity index (χ4n) is 5.88. The van der Waals surface area contributed by atoms with Crippen LogP contribution in [0.3, 0.4) is 0 Å². The van der Waals surface area contributed by atoms with E-state index in [1.165, 1.54) is 0 Å². The van der Waals surface area contributed by atoms with Gasteiger partial charge in [0.05, 0.1) is 11.1 Å². The van der Waals surface area contributed by atoms with Crippen molar-refractivity contribution in [3.63, 3.8) is 0 Å². The second-order valence-electron chi connectivity index (χ2n) is 9.13. The Hall–Kier alpha value is -2.90. The number of aliphatic hydroxyl groups excluding tert-OH is 1. The summed E-state index contributed by atoms with van der Waals surface area (Å²) in [5, 5.41) is 11.1.